The van der Waals surface area contributed by atoms with Gasteiger partial charge in [0.25, 0.3) is 0 Å². The summed E-state index contributed by atoms with van der Waals surface area (Å²) in [5.74, 6) is 0. The maximum absolute atomic E-state index is 3.42. The molecule has 0 bridgehead atoms. The van der Waals surface area contributed by atoms with Crippen molar-refractivity contribution in [2.75, 3.05) is 0 Å². The number of nitrogens with one attached hydrogen (secondary N) is 1. The van der Waals surface area contributed by atoms with Crippen LogP contribution in [0.4, 0.5) is 0 Å². The highest BCUT2D eigenvalue weighted by atomic mass is 79.9. The topological polar surface area (TPSA) is 25.6 Å². The second-order valence-corrected chi connectivity index (χ2v) is 19.4. The highest BCUT2D eigenvalue weighted by Crippen LogP contribution is 2.36. The van der Waals surface area contributed by atoms with E-state index in [1.54, 1.807) is 0 Å². The van der Waals surface area contributed by atoms with Gasteiger partial charge >= 0.3 is 0 Å². The van der Waals surface area contributed by atoms with Crippen LogP contribution < -0.4 is 0 Å². The number of aromatic nitrogens is 3. The van der Waals surface area contributed by atoms with Gasteiger partial charge in [0.15, 0.2) is 0 Å². The molecular formula is C63H47Br2N3. The summed E-state index contributed by atoms with van der Waals surface area (Å²) < 4.78 is 6.97. The number of H-pyrrole nitrogens is 1. The molecule has 68 heavy (non-hydrogen) atoms. The SMILES string of the molecule is Brc1ccc(-c2ccc(Br)cc2)cc1.Cc1ccc2[nH]c3ccccc3c2c1.Cc1ccc2c(c1)c1ccccc1n2-c1ccc(-c2ccc(-n3c4ccccc4c4cc(C)ccc43)cc2)cc1. The number of aryl methyl sites for hydroxylation is 3. The van der Waals surface area contributed by atoms with Crippen molar-refractivity contribution in [3.8, 4) is 33.6 Å². The van der Waals surface area contributed by atoms with Crippen LogP contribution in [-0.4, -0.2) is 14.1 Å². The van der Waals surface area contributed by atoms with Crippen molar-refractivity contribution in [3.05, 3.63) is 250 Å². The second-order valence-electron chi connectivity index (χ2n) is 17.6. The molecule has 0 fully saturated rings. The van der Waals surface area contributed by atoms with Crippen molar-refractivity contribution in [2.45, 2.75) is 20.8 Å². The van der Waals surface area contributed by atoms with Gasteiger partial charge in [-0.2, -0.15) is 0 Å². The lowest BCUT2D eigenvalue weighted by Gasteiger charge is -2.11. The van der Waals surface area contributed by atoms with Crippen LogP contribution >= 0.6 is 31.9 Å². The molecule has 0 amide bonds. The van der Waals surface area contributed by atoms with Gasteiger partial charge in [-0.1, -0.05) is 170 Å². The van der Waals surface area contributed by atoms with Crippen molar-refractivity contribution in [2.24, 2.45) is 0 Å². The lowest BCUT2D eigenvalue weighted by atomic mass is 10.0. The minimum Gasteiger partial charge on any atom is -0.355 e. The van der Waals surface area contributed by atoms with E-state index in [1.807, 2.05) is 0 Å². The van der Waals surface area contributed by atoms with E-state index in [9.17, 15) is 0 Å². The molecule has 0 saturated carbocycles. The van der Waals surface area contributed by atoms with Crippen molar-refractivity contribution in [1.82, 2.24) is 14.1 Å². The summed E-state index contributed by atoms with van der Waals surface area (Å²) in [5, 5.41) is 7.82. The quantitative estimate of drug-likeness (QED) is 0.182. The molecule has 13 rings (SSSR count). The molecule has 0 unspecified atom stereocenters. The molecule has 328 valence electrons. The monoisotopic (exact) mass is 1000 g/mol. The summed E-state index contributed by atoms with van der Waals surface area (Å²) in [7, 11) is 0. The zero-order valence-electron chi connectivity index (χ0n) is 38.0. The summed E-state index contributed by atoms with van der Waals surface area (Å²) >= 11 is 6.84. The Morgan fingerprint density at radius 2 is 0.632 bits per heavy atom. The summed E-state index contributed by atoms with van der Waals surface area (Å²) in [6, 6.07) is 80.3. The minimum absolute atomic E-state index is 1.11. The predicted molar refractivity (Wildman–Crippen MR) is 298 cm³/mol. The molecule has 0 saturated heterocycles. The van der Waals surface area contributed by atoms with E-state index in [4.69, 9.17) is 0 Å². The molecule has 10 aromatic carbocycles. The number of hydrogen-bond acceptors (Lipinski definition) is 0. The molecule has 13 aromatic rings. The normalized spacial score (nSPS) is 11.3. The lowest BCUT2D eigenvalue weighted by Crippen LogP contribution is -1.94. The van der Waals surface area contributed by atoms with Gasteiger partial charge in [0.1, 0.15) is 0 Å². The standard InChI is InChI=1S/C38H28N2.C13H11N.C12H8Br2/c1-25-11-21-37-33(23-25)31-7-3-5-9-35(31)39(37)29-17-13-27(14-18-29)28-15-19-30(20-16-28)40-36-10-6-4-8-32(36)34-24-26(2)12-22-38(34)40;1-9-6-7-13-11(8-9)10-4-2-3-5-12(10)14-13;13-11-5-1-9(2-6-11)10-3-7-12(14)8-4-10/h3-24H,1-2H3;2-8,14H,1H3;1-8H. The van der Waals surface area contributed by atoms with Gasteiger partial charge < -0.3 is 14.1 Å². The molecular weight excluding hydrogens is 959 g/mol. The average molecular weight is 1010 g/mol. The van der Waals surface area contributed by atoms with Crippen molar-refractivity contribution in [3.63, 3.8) is 0 Å². The Balaban J connectivity index is 0.000000146. The minimum atomic E-state index is 1.11. The molecule has 0 aliphatic rings. The van der Waals surface area contributed by atoms with Crippen LogP contribution in [0, 0.1) is 20.8 Å². The summed E-state index contributed by atoms with van der Waals surface area (Å²) in [4.78, 5) is 3.41. The Morgan fingerprint density at radius 1 is 0.294 bits per heavy atom. The lowest BCUT2D eigenvalue weighted by molar-refractivity contribution is 1.18. The fourth-order valence-corrected chi connectivity index (χ4v) is 10.1. The molecule has 3 nitrogen and oxygen atoms in total. The van der Waals surface area contributed by atoms with Crippen LogP contribution in [0.15, 0.2) is 233 Å². The van der Waals surface area contributed by atoms with Crippen LogP contribution in [0.3, 0.4) is 0 Å². The Bertz CT molecular complexity index is 3730. The Morgan fingerprint density at radius 3 is 1.09 bits per heavy atom. The van der Waals surface area contributed by atoms with Gasteiger partial charge in [-0.3, -0.25) is 0 Å². The van der Waals surface area contributed by atoms with Gasteiger partial charge in [0.05, 0.1) is 22.1 Å². The Hall–Kier alpha value is -7.44. The van der Waals surface area contributed by atoms with E-state index in [0.717, 1.165) is 8.95 Å². The van der Waals surface area contributed by atoms with Crippen LogP contribution in [0.1, 0.15) is 16.7 Å². The number of fused-ring (bicyclic) bond motifs is 9. The van der Waals surface area contributed by atoms with Gasteiger partial charge in [0, 0.05) is 63.7 Å². The van der Waals surface area contributed by atoms with E-state index in [1.165, 1.54) is 116 Å². The van der Waals surface area contributed by atoms with Crippen LogP contribution in [0.2, 0.25) is 0 Å². The van der Waals surface area contributed by atoms with Crippen LogP contribution in [-0.2, 0) is 0 Å². The largest absolute Gasteiger partial charge is 0.355 e. The number of halogens is 2. The molecule has 0 atom stereocenters. The zero-order valence-corrected chi connectivity index (χ0v) is 41.2. The van der Waals surface area contributed by atoms with E-state index >= 15 is 0 Å². The van der Waals surface area contributed by atoms with Crippen molar-refractivity contribution < 1.29 is 0 Å². The smallest absolute Gasteiger partial charge is 0.0541 e. The first-order valence-corrected chi connectivity index (χ1v) is 24.5. The van der Waals surface area contributed by atoms with Crippen molar-refractivity contribution in [1.29, 1.82) is 0 Å². The van der Waals surface area contributed by atoms with E-state index in [-0.39, 0.29) is 0 Å². The van der Waals surface area contributed by atoms with E-state index in [2.05, 4.69) is 291 Å². The first-order valence-electron chi connectivity index (χ1n) is 23.0. The molecule has 3 heterocycles. The second kappa shape index (κ2) is 18.3. The molecule has 1 N–H and O–H groups in total. The number of hydrogen-bond donors (Lipinski definition) is 1. The molecule has 5 heteroatoms. The highest BCUT2D eigenvalue weighted by molar-refractivity contribution is 9.10. The fourth-order valence-electron chi connectivity index (χ4n) is 9.58. The first kappa shape index (κ1) is 43.1. The van der Waals surface area contributed by atoms with Crippen molar-refractivity contribution >= 4 is 97.3 Å². The third-order valence-corrected chi connectivity index (χ3v) is 14.0. The molecule has 0 radical (unpaired) electrons. The number of nitrogens with zero attached hydrogens (tertiary/aromatic N) is 2. The molecule has 0 aliphatic carbocycles. The maximum Gasteiger partial charge on any atom is 0.0541 e. The average Bonchev–Trinajstić information content (AvgIpc) is 4.02. The van der Waals surface area contributed by atoms with Gasteiger partial charge in [0.2, 0.25) is 0 Å². The number of para-hydroxylation sites is 3. The Kier molecular flexibility index (Phi) is 11.6. The number of aromatic amines is 1. The van der Waals surface area contributed by atoms with Gasteiger partial charge in [-0.15, -0.1) is 0 Å². The van der Waals surface area contributed by atoms with Crippen LogP contribution in [0.5, 0.6) is 0 Å². The van der Waals surface area contributed by atoms with E-state index < -0.39 is 0 Å². The predicted octanol–water partition coefficient (Wildman–Crippen LogP) is 18.7. The zero-order chi connectivity index (χ0) is 46.3. The summed E-state index contributed by atoms with van der Waals surface area (Å²) in [5.41, 5.74) is 18.5. The molecule has 0 aliphatic heterocycles. The van der Waals surface area contributed by atoms with Crippen LogP contribution in [0.25, 0.3) is 99.0 Å². The number of benzene rings is 10. The summed E-state index contributed by atoms with van der Waals surface area (Å²) in [6.45, 7) is 6.45. The van der Waals surface area contributed by atoms with Gasteiger partial charge in [-0.25, -0.2) is 0 Å². The maximum atomic E-state index is 3.42. The van der Waals surface area contributed by atoms with Gasteiger partial charge in [-0.05, 0) is 146 Å². The number of rotatable bonds is 4. The summed E-state index contributed by atoms with van der Waals surface area (Å²) in [6.07, 6.45) is 0. The third kappa shape index (κ3) is 8.34. The third-order valence-electron chi connectivity index (χ3n) is 12.9. The highest BCUT2D eigenvalue weighted by Gasteiger charge is 2.14. The Labute approximate surface area is 413 Å². The van der Waals surface area contributed by atoms with E-state index in [0.29, 0.717) is 0 Å². The fraction of sp³-hybridized carbons (Fsp3) is 0.0476. The molecule has 3 aromatic heterocycles. The first-order chi connectivity index (χ1) is 33.3. The molecule has 0 spiro atoms.